The smallest absolute Gasteiger partial charge is 0.148 e. The highest BCUT2D eigenvalue weighted by molar-refractivity contribution is 5.62. The first-order chi connectivity index (χ1) is 7.20. The Morgan fingerprint density at radius 1 is 1.47 bits per heavy atom. The lowest BCUT2D eigenvalue weighted by Gasteiger charge is -2.27. The van der Waals surface area contributed by atoms with Crippen molar-refractivity contribution in [1.82, 2.24) is 0 Å². The van der Waals surface area contributed by atoms with E-state index in [2.05, 4.69) is 5.32 Å². The van der Waals surface area contributed by atoms with Crippen LogP contribution in [0.4, 0.5) is 15.8 Å². The zero-order valence-electron chi connectivity index (χ0n) is 8.72. The topological polar surface area (TPSA) is 47.3 Å². The van der Waals surface area contributed by atoms with Crippen LogP contribution in [0.2, 0.25) is 0 Å². The van der Waals surface area contributed by atoms with E-state index < -0.39 is 0 Å². The van der Waals surface area contributed by atoms with E-state index in [1.165, 1.54) is 19.6 Å². The summed E-state index contributed by atoms with van der Waals surface area (Å²) in [4.78, 5) is 0. The van der Waals surface area contributed by atoms with Crippen LogP contribution in [0.5, 0.6) is 5.75 Å². The average Bonchev–Trinajstić information content (AvgIpc) is 2.14. The zero-order valence-corrected chi connectivity index (χ0v) is 8.72. The third-order valence-electron chi connectivity index (χ3n) is 2.78. The number of hydrogen-bond acceptors (Lipinski definition) is 3. The number of rotatable bonds is 3. The quantitative estimate of drug-likeness (QED) is 0.753. The van der Waals surface area contributed by atoms with Crippen LogP contribution >= 0.6 is 0 Å². The molecular weight excluding hydrogens is 195 g/mol. The Hall–Kier alpha value is -1.45. The summed E-state index contributed by atoms with van der Waals surface area (Å²) in [5.74, 6) is 0.193. The molecule has 1 fully saturated rings. The normalized spacial score (nSPS) is 15.9. The molecule has 3 N–H and O–H groups in total. The van der Waals surface area contributed by atoms with Gasteiger partial charge in [0.05, 0.1) is 18.5 Å². The fraction of sp³-hybridized carbons (Fsp3) is 0.455. The Bertz CT molecular complexity index is 364. The average molecular weight is 210 g/mol. The molecule has 0 heterocycles. The van der Waals surface area contributed by atoms with E-state index in [9.17, 15) is 4.39 Å². The van der Waals surface area contributed by atoms with Crippen molar-refractivity contribution in [2.24, 2.45) is 0 Å². The summed E-state index contributed by atoms with van der Waals surface area (Å²) in [7, 11) is 1.52. The van der Waals surface area contributed by atoms with Crippen LogP contribution in [0.25, 0.3) is 0 Å². The van der Waals surface area contributed by atoms with Crippen LogP contribution in [-0.4, -0.2) is 13.2 Å². The minimum atomic E-state index is -0.319. The standard InChI is InChI=1S/C11H15FN2O/c1-15-11-6-10(8(12)5-9(11)13)14-7-3-2-4-7/h5-7,14H,2-4,13H2,1H3. The number of halogens is 1. The lowest BCUT2D eigenvalue weighted by atomic mass is 9.93. The molecule has 15 heavy (non-hydrogen) atoms. The van der Waals surface area contributed by atoms with Gasteiger partial charge in [0.2, 0.25) is 0 Å². The molecule has 1 aliphatic rings. The van der Waals surface area contributed by atoms with Crippen LogP contribution in [0, 0.1) is 5.82 Å². The second-order valence-corrected chi connectivity index (χ2v) is 3.85. The third-order valence-corrected chi connectivity index (χ3v) is 2.78. The Balaban J connectivity index is 2.21. The van der Waals surface area contributed by atoms with E-state index in [0.717, 1.165) is 12.8 Å². The van der Waals surface area contributed by atoms with E-state index in [-0.39, 0.29) is 5.82 Å². The maximum absolute atomic E-state index is 13.5. The third kappa shape index (κ3) is 1.98. The van der Waals surface area contributed by atoms with Crippen LogP contribution in [0.15, 0.2) is 12.1 Å². The number of nitrogen functional groups attached to an aromatic ring is 1. The molecule has 1 aliphatic carbocycles. The Labute approximate surface area is 88.4 Å². The van der Waals surface area contributed by atoms with E-state index in [1.807, 2.05) is 0 Å². The number of ether oxygens (including phenoxy) is 1. The lowest BCUT2D eigenvalue weighted by Crippen LogP contribution is -2.27. The van der Waals surface area contributed by atoms with E-state index in [1.54, 1.807) is 6.07 Å². The Morgan fingerprint density at radius 3 is 2.73 bits per heavy atom. The molecule has 0 unspecified atom stereocenters. The largest absolute Gasteiger partial charge is 0.495 e. The summed E-state index contributed by atoms with van der Waals surface area (Å²) in [6.07, 6.45) is 3.42. The van der Waals surface area contributed by atoms with Gasteiger partial charge in [-0.25, -0.2) is 4.39 Å². The summed E-state index contributed by atoms with van der Waals surface area (Å²) in [6, 6.07) is 3.30. The molecule has 2 rings (SSSR count). The van der Waals surface area contributed by atoms with Crippen LogP contribution in [0.3, 0.4) is 0 Å². The highest BCUT2D eigenvalue weighted by Gasteiger charge is 2.19. The molecule has 0 aliphatic heterocycles. The van der Waals surface area contributed by atoms with Crippen molar-refractivity contribution >= 4 is 11.4 Å². The number of nitrogens with two attached hydrogens (primary N) is 1. The maximum atomic E-state index is 13.5. The zero-order chi connectivity index (χ0) is 10.8. The van der Waals surface area contributed by atoms with Gasteiger partial charge in [-0.15, -0.1) is 0 Å². The van der Waals surface area contributed by atoms with Gasteiger partial charge in [0.25, 0.3) is 0 Å². The van der Waals surface area contributed by atoms with Crippen LogP contribution < -0.4 is 15.8 Å². The van der Waals surface area contributed by atoms with Crippen molar-refractivity contribution in [3.63, 3.8) is 0 Å². The molecule has 0 aromatic heterocycles. The molecule has 0 spiro atoms. The molecular formula is C11H15FN2O. The Kier molecular flexibility index (Phi) is 2.66. The molecule has 0 atom stereocenters. The molecule has 1 saturated carbocycles. The van der Waals surface area contributed by atoms with Gasteiger partial charge in [-0.3, -0.25) is 0 Å². The lowest BCUT2D eigenvalue weighted by molar-refractivity contribution is 0.415. The second kappa shape index (κ2) is 3.96. The van der Waals surface area contributed by atoms with Crippen LogP contribution in [0.1, 0.15) is 19.3 Å². The molecule has 0 saturated heterocycles. The fourth-order valence-corrected chi connectivity index (χ4v) is 1.63. The molecule has 4 heteroatoms. The maximum Gasteiger partial charge on any atom is 0.148 e. The highest BCUT2D eigenvalue weighted by atomic mass is 19.1. The van der Waals surface area contributed by atoms with E-state index in [4.69, 9.17) is 10.5 Å². The van der Waals surface area contributed by atoms with Crippen molar-refractivity contribution in [1.29, 1.82) is 0 Å². The Morgan fingerprint density at radius 2 is 2.20 bits per heavy atom. The number of benzene rings is 1. The molecule has 1 aromatic rings. The summed E-state index contributed by atoms with van der Waals surface area (Å²) in [6.45, 7) is 0. The summed E-state index contributed by atoms with van der Waals surface area (Å²) >= 11 is 0. The highest BCUT2D eigenvalue weighted by Crippen LogP contribution is 2.31. The van der Waals surface area contributed by atoms with Gasteiger partial charge < -0.3 is 15.8 Å². The second-order valence-electron chi connectivity index (χ2n) is 3.85. The molecule has 1 aromatic carbocycles. The molecule has 0 amide bonds. The van der Waals surface area contributed by atoms with Crippen molar-refractivity contribution in [2.75, 3.05) is 18.2 Å². The van der Waals surface area contributed by atoms with E-state index >= 15 is 0 Å². The number of hydrogen-bond donors (Lipinski definition) is 2. The molecule has 0 bridgehead atoms. The summed E-state index contributed by atoms with van der Waals surface area (Å²) in [5.41, 5.74) is 6.39. The number of methoxy groups -OCH3 is 1. The summed E-state index contributed by atoms with van der Waals surface area (Å²) < 4.78 is 18.5. The minimum Gasteiger partial charge on any atom is -0.495 e. The number of nitrogens with one attached hydrogen (secondary N) is 1. The van der Waals surface area contributed by atoms with Gasteiger partial charge in [-0.2, -0.15) is 0 Å². The van der Waals surface area contributed by atoms with Gasteiger partial charge >= 0.3 is 0 Å². The van der Waals surface area contributed by atoms with Gasteiger partial charge in [0.1, 0.15) is 11.6 Å². The molecule has 82 valence electrons. The SMILES string of the molecule is COc1cc(NC2CCC2)c(F)cc1N. The number of anilines is 2. The minimum absolute atomic E-state index is 0.319. The molecule has 3 nitrogen and oxygen atoms in total. The fourth-order valence-electron chi connectivity index (χ4n) is 1.63. The van der Waals surface area contributed by atoms with Crippen molar-refractivity contribution in [3.8, 4) is 5.75 Å². The van der Waals surface area contributed by atoms with Crippen LogP contribution in [-0.2, 0) is 0 Å². The summed E-state index contributed by atoms with van der Waals surface area (Å²) in [5, 5.41) is 3.14. The first-order valence-corrected chi connectivity index (χ1v) is 5.10. The predicted molar refractivity (Wildman–Crippen MR) is 58.6 cm³/mol. The van der Waals surface area contributed by atoms with Crippen molar-refractivity contribution < 1.29 is 9.13 Å². The van der Waals surface area contributed by atoms with Gasteiger partial charge in [-0.1, -0.05) is 0 Å². The first kappa shape index (κ1) is 10.1. The van der Waals surface area contributed by atoms with Gasteiger partial charge in [0, 0.05) is 18.2 Å². The van der Waals surface area contributed by atoms with Gasteiger partial charge in [-0.05, 0) is 19.3 Å². The predicted octanol–water partition coefficient (Wildman–Crippen LogP) is 2.38. The first-order valence-electron chi connectivity index (χ1n) is 5.10. The van der Waals surface area contributed by atoms with Gasteiger partial charge in [0.15, 0.2) is 0 Å². The van der Waals surface area contributed by atoms with E-state index in [0.29, 0.717) is 23.2 Å². The van der Waals surface area contributed by atoms with Crippen molar-refractivity contribution in [2.45, 2.75) is 25.3 Å². The monoisotopic (exact) mass is 210 g/mol. The van der Waals surface area contributed by atoms with Crippen molar-refractivity contribution in [3.05, 3.63) is 17.9 Å². The molecule has 0 radical (unpaired) electrons.